The van der Waals surface area contributed by atoms with E-state index in [1.54, 1.807) is 14.2 Å². The van der Waals surface area contributed by atoms with Crippen molar-refractivity contribution in [1.82, 2.24) is 15.1 Å². The molecule has 0 spiro atoms. The molecule has 1 aromatic rings. The van der Waals surface area contributed by atoms with Crippen LogP contribution < -0.4 is 14.8 Å². The van der Waals surface area contributed by atoms with Crippen LogP contribution in [0.15, 0.2) is 17.1 Å². The Morgan fingerprint density at radius 2 is 1.77 bits per heavy atom. The summed E-state index contributed by atoms with van der Waals surface area (Å²) in [5, 5.41) is 13.6. The number of methoxy groups -OCH3 is 2. The maximum atomic E-state index is 10.1. The van der Waals surface area contributed by atoms with E-state index < -0.39 is 0 Å². The molecule has 1 heterocycles. The summed E-state index contributed by atoms with van der Waals surface area (Å²) in [6.45, 7) is 7.73. The number of piperazine rings is 1. The second-order valence-corrected chi connectivity index (χ2v) is 8.78. The Hall–Kier alpha value is -1.42. The van der Waals surface area contributed by atoms with Crippen LogP contribution in [-0.2, 0) is 6.54 Å². The highest BCUT2D eigenvalue weighted by molar-refractivity contribution is 14.0. The number of aromatic hydroxyl groups is 1. The molecule has 8 heteroatoms. The summed E-state index contributed by atoms with van der Waals surface area (Å²) in [5.41, 5.74) is 0.942. The average molecular weight is 544 g/mol. The Labute approximate surface area is 203 Å². The fraction of sp³-hybridized carbons (Fsp3) is 0.696. The van der Waals surface area contributed by atoms with E-state index in [1.807, 2.05) is 12.1 Å². The number of nitrogens with zero attached hydrogens (tertiary/aromatic N) is 3. The normalized spacial score (nSPS) is 26.0. The van der Waals surface area contributed by atoms with Crippen molar-refractivity contribution in [2.75, 3.05) is 46.9 Å². The van der Waals surface area contributed by atoms with Gasteiger partial charge in [-0.05, 0) is 55.7 Å². The van der Waals surface area contributed by atoms with Gasteiger partial charge in [0.25, 0.3) is 0 Å². The third-order valence-corrected chi connectivity index (χ3v) is 7.07. The quantitative estimate of drug-likeness (QED) is 0.326. The number of hydrogen-bond donors (Lipinski definition) is 2. The first-order valence-electron chi connectivity index (χ1n) is 11.3. The van der Waals surface area contributed by atoms with Crippen molar-refractivity contribution in [3.05, 3.63) is 17.7 Å². The van der Waals surface area contributed by atoms with E-state index >= 15 is 0 Å². The molecule has 4 rings (SSSR count). The Balaban J connectivity index is 0.00000272. The van der Waals surface area contributed by atoms with Gasteiger partial charge in [0.15, 0.2) is 17.5 Å². The lowest BCUT2D eigenvalue weighted by atomic mass is 9.93. The summed E-state index contributed by atoms with van der Waals surface area (Å²) in [7, 11) is 3.09. The predicted octanol–water partition coefficient (Wildman–Crippen LogP) is 3.30. The first-order valence-corrected chi connectivity index (χ1v) is 11.3. The fourth-order valence-corrected chi connectivity index (χ4v) is 5.55. The molecule has 31 heavy (non-hydrogen) atoms. The van der Waals surface area contributed by atoms with Gasteiger partial charge < -0.3 is 24.8 Å². The van der Waals surface area contributed by atoms with E-state index in [0.717, 1.165) is 62.1 Å². The van der Waals surface area contributed by atoms with Gasteiger partial charge in [0.05, 0.1) is 20.8 Å². The molecule has 0 radical (unpaired) electrons. The van der Waals surface area contributed by atoms with Crippen LogP contribution in [0.4, 0.5) is 0 Å². The maximum absolute atomic E-state index is 10.1. The summed E-state index contributed by atoms with van der Waals surface area (Å²) < 4.78 is 10.5. The fourth-order valence-electron chi connectivity index (χ4n) is 5.55. The molecule has 1 saturated heterocycles. The summed E-state index contributed by atoms with van der Waals surface area (Å²) in [4.78, 5) is 9.98. The molecule has 3 unspecified atom stereocenters. The van der Waals surface area contributed by atoms with Gasteiger partial charge in [-0.1, -0.05) is 6.42 Å². The lowest BCUT2D eigenvalue weighted by Crippen LogP contribution is -2.55. The van der Waals surface area contributed by atoms with Gasteiger partial charge in [0, 0.05) is 38.8 Å². The number of fused-ring (bicyclic) bond motifs is 2. The van der Waals surface area contributed by atoms with E-state index in [1.165, 1.54) is 25.7 Å². The summed E-state index contributed by atoms with van der Waals surface area (Å²) in [5.74, 6) is 3.74. The van der Waals surface area contributed by atoms with E-state index in [9.17, 15) is 5.11 Å². The van der Waals surface area contributed by atoms with Crippen molar-refractivity contribution in [3.63, 3.8) is 0 Å². The molecule has 2 saturated carbocycles. The Morgan fingerprint density at radius 1 is 1.10 bits per heavy atom. The van der Waals surface area contributed by atoms with Crippen LogP contribution in [0.5, 0.6) is 17.2 Å². The van der Waals surface area contributed by atoms with E-state index in [2.05, 4.69) is 22.0 Å². The van der Waals surface area contributed by atoms with Crippen LogP contribution in [-0.4, -0.2) is 73.9 Å². The SMILES string of the molecule is CCNC(=NCc1cc(OC)c(O)c(OC)c1)N1CCN(C2CC3CCC2C3)CC1.I. The number of benzene rings is 1. The summed E-state index contributed by atoms with van der Waals surface area (Å²) in [6, 6.07) is 4.46. The number of aliphatic imine (C=N–C) groups is 1. The number of phenolic OH excluding ortho intramolecular Hbond substituents is 1. The molecule has 2 N–H and O–H groups in total. The van der Waals surface area contributed by atoms with Gasteiger partial charge in [-0.15, -0.1) is 24.0 Å². The van der Waals surface area contributed by atoms with Crippen molar-refractivity contribution in [2.45, 2.75) is 45.2 Å². The highest BCUT2D eigenvalue weighted by Gasteiger charge is 2.42. The molecule has 3 aliphatic rings. The second kappa shape index (κ2) is 10.9. The number of rotatable bonds is 6. The van der Waals surface area contributed by atoms with Gasteiger partial charge in [-0.25, -0.2) is 4.99 Å². The second-order valence-electron chi connectivity index (χ2n) is 8.78. The summed E-state index contributed by atoms with van der Waals surface area (Å²) in [6.07, 6.45) is 5.79. The van der Waals surface area contributed by atoms with Crippen LogP contribution in [0, 0.1) is 11.8 Å². The Morgan fingerprint density at radius 3 is 2.29 bits per heavy atom. The molecule has 2 aliphatic carbocycles. The number of hydrogen-bond acceptors (Lipinski definition) is 5. The number of nitrogens with one attached hydrogen (secondary N) is 1. The molecule has 174 valence electrons. The van der Waals surface area contributed by atoms with Crippen molar-refractivity contribution in [3.8, 4) is 17.2 Å². The van der Waals surface area contributed by atoms with Crippen LogP contribution in [0.25, 0.3) is 0 Å². The average Bonchev–Trinajstić information content (AvgIpc) is 3.41. The molecule has 7 nitrogen and oxygen atoms in total. The van der Waals surface area contributed by atoms with Crippen molar-refractivity contribution in [1.29, 1.82) is 0 Å². The third-order valence-electron chi connectivity index (χ3n) is 7.07. The van der Waals surface area contributed by atoms with Gasteiger partial charge in [0.2, 0.25) is 5.75 Å². The lowest BCUT2D eigenvalue weighted by Gasteiger charge is -2.42. The van der Waals surface area contributed by atoms with Crippen molar-refractivity contribution < 1.29 is 14.6 Å². The van der Waals surface area contributed by atoms with Gasteiger partial charge in [-0.3, -0.25) is 4.90 Å². The molecule has 0 amide bonds. The zero-order valence-corrected chi connectivity index (χ0v) is 21.3. The molecule has 2 bridgehead atoms. The minimum atomic E-state index is 0. The maximum Gasteiger partial charge on any atom is 0.200 e. The molecular formula is C23H37IN4O3. The topological polar surface area (TPSA) is 69.6 Å². The minimum absolute atomic E-state index is 0. The molecule has 0 aromatic heterocycles. The van der Waals surface area contributed by atoms with Crippen LogP contribution in [0.2, 0.25) is 0 Å². The molecular weight excluding hydrogens is 507 g/mol. The lowest BCUT2D eigenvalue weighted by molar-refractivity contribution is 0.0958. The highest BCUT2D eigenvalue weighted by Crippen LogP contribution is 2.46. The zero-order valence-electron chi connectivity index (χ0n) is 19.0. The van der Waals surface area contributed by atoms with Crippen LogP contribution in [0.1, 0.15) is 38.2 Å². The number of halogens is 1. The number of phenols is 1. The van der Waals surface area contributed by atoms with Crippen molar-refractivity contribution >= 4 is 29.9 Å². The monoisotopic (exact) mass is 544 g/mol. The van der Waals surface area contributed by atoms with E-state index in [-0.39, 0.29) is 29.7 Å². The Bertz CT molecular complexity index is 742. The first-order chi connectivity index (χ1) is 14.6. The minimum Gasteiger partial charge on any atom is -0.502 e. The van der Waals surface area contributed by atoms with Crippen LogP contribution >= 0.6 is 24.0 Å². The largest absolute Gasteiger partial charge is 0.502 e. The standard InChI is InChI=1S/C23H36N4O3.HI/c1-4-24-23(25-15-17-13-20(29-2)22(28)21(14-17)30-3)27-9-7-26(8-10-27)19-12-16-5-6-18(19)11-16;/h13-14,16,18-19,28H,4-12,15H2,1-3H3,(H,24,25);1H. The third kappa shape index (κ3) is 5.32. The van der Waals surface area contributed by atoms with E-state index in [4.69, 9.17) is 14.5 Å². The smallest absolute Gasteiger partial charge is 0.200 e. The molecule has 3 atom stereocenters. The number of ether oxygens (including phenoxy) is 2. The number of guanidine groups is 1. The van der Waals surface area contributed by atoms with Crippen LogP contribution in [0.3, 0.4) is 0 Å². The van der Waals surface area contributed by atoms with Crippen molar-refractivity contribution in [2.24, 2.45) is 16.8 Å². The summed E-state index contributed by atoms with van der Waals surface area (Å²) >= 11 is 0. The zero-order chi connectivity index (χ0) is 21.1. The van der Waals surface area contributed by atoms with Gasteiger partial charge in [-0.2, -0.15) is 0 Å². The molecule has 3 fully saturated rings. The Kier molecular flexibility index (Phi) is 8.55. The molecule has 1 aliphatic heterocycles. The van der Waals surface area contributed by atoms with Gasteiger partial charge in [0.1, 0.15) is 0 Å². The molecule has 1 aromatic carbocycles. The van der Waals surface area contributed by atoms with E-state index in [0.29, 0.717) is 18.0 Å². The highest BCUT2D eigenvalue weighted by atomic mass is 127. The first kappa shape index (κ1) is 24.2. The predicted molar refractivity (Wildman–Crippen MR) is 134 cm³/mol. The van der Waals surface area contributed by atoms with Gasteiger partial charge >= 0.3 is 0 Å².